The standard InChI is InChI=1S/C48H37BN6/c1-52-30-31-53(34-52)40-23-15-20-37(32-40)49(38-27-28-42-41-24-11-12-25-43(41)54(44(42)33-38)45-26-13-14-29-50-45)46-47(35-16-5-2-6-17-35)51-55(39-21-9-4-10-22-39)48(46)36-18-7-3-8-19-36/h2-33H,34H2,1H3. The van der Waals surface area contributed by atoms with Crippen LogP contribution in [0, 0.1) is 0 Å². The molecule has 0 amide bonds. The average molecular weight is 709 g/mol. The van der Waals surface area contributed by atoms with E-state index in [4.69, 9.17) is 10.1 Å². The Bertz CT molecular complexity index is 2810. The van der Waals surface area contributed by atoms with Crippen LogP contribution in [0.25, 0.3) is 55.8 Å². The van der Waals surface area contributed by atoms with Gasteiger partial charge < -0.3 is 9.80 Å². The van der Waals surface area contributed by atoms with Gasteiger partial charge in [0.25, 0.3) is 0 Å². The Hall–Kier alpha value is -7.12. The predicted molar refractivity (Wildman–Crippen MR) is 228 cm³/mol. The second-order valence-corrected chi connectivity index (χ2v) is 14.1. The van der Waals surface area contributed by atoms with E-state index in [9.17, 15) is 0 Å². The van der Waals surface area contributed by atoms with Crippen molar-refractivity contribution in [1.29, 1.82) is 0 Å². The van der Waals surface area contributed by atoms with Gasteiger partial charge in [0.15, 0.2) is 0 Å². The summed E-state index contributed by atoms with van der Waals surface area (Å²) in [6, 6.07) is 62.6. The van der Waals surface area contributed by atoms with Crippen molar-refractivity contribution >= 4 is 50.6 Å². The normalized spacial score (nSPS) is 12.6. The Morgan fingerprint density at radius 3 is 1.96 bits per heavy atom. The first-order chi connectivity index (χ1) is 27.2. The molecule has 262 valence electrons. The van der Waals surface area contributed by atoms with E-state index >= 15 is 0 Å². The number of hydrogen-bond acceptors (Lipinski definition) is 4. The van der Waals surface area contributed by atoms with E-state index in [1.165, 1.54) is 21.7 Å². The predicted octanol–water partition coefficient (Wildman–Crippen LogP) is 8.40. The minimum absolute atomic E-state index is 0.202. The first-order valence-electron chi connectivity index (χ1n) is 18.7. The van der Waals surface area contributed by atoms with Crippen LogP contribution >= 0.6 is 0 Å². The van der Waals surface area contributed by atoms with Gasteiger partial charge in [0.2, 0.25) is 6.71 Å². The molecule has 0 saturated heterocycles. The average Bonchev–Trinajstić information content (AvgIpc) is 3.96. The van der Waals surface area contributed by atoms with E-state index in [0.717, 1.165) is 62.9 Å². The van der Waals surface area contributed by atoms with E-state index in [1.54, 1.807) is 0 Å². The molecule has 0 fully saturated rings. The molecule has 7 heteroatoms. The number of fused-ring (bicyclic) bond motifs is 3. The van der Waals surface area contributed by atoms with Crippen LogP contribution in [0.2, 0.25) is 0 Å². The summed E-state index contributed by atoms with van der Waals surface area (Å²) in [7, 11) is 2.11. The quantitative estimate of drug-likeness (QED) is 0.149. The summed E-state index contributed by atoms with van der Waals surface area (Å²) >= 11 is 0. The molecule has 1 aliphatic rings. The van der Waals surface area contributed by atoms with E-state index in [1.807, 2.05) is 12.3 Å². The molecule has 0 spiro atoms. The Morgan fingerprint density at radius 1 is 0.545 bits per heavy atom. The van der Waals surface area contributed by atoms with E-state index in [0.29, 0.717) is 0 Å². The number of pyridine rings is 1. The van der Waals surface area contributed by atoms with Crippen molar-refractivity contribution < 1.29 is 0 Å². The maximum absolute atomic E-state index is 5.54. The molecule has 3 aromatic heterocycles. The van der Waals surface area contributed by atoms with Gasteiger partial charge in [-0.2, -0.15) is 5.10 Å². The van der Waals surface area contributed by atoms with Crippen molar-refractivity contribution in [3.05, 3.63) is 195 Å². The SMILES string of the molecule is CN1C=CN(c2cccc(B(c3ccc4c5ccccc5n(-c5ccccn5)c4c3)c3c(-c4ccccc4)nn(-c4ccccc4)c3-c3ccccc3)c2)C1. The second-order valence-electron chi connectivity index (χ2n) is 14.1. The van der Waals surface area contributed by atoms with Gasteiger partial charge in [-0.05, 0) is 59.6 Å². The number of hydrogen-bond donors (Lipinski definition) is 0. The van der Waals surface area contributed by atoms with Crippen LogP contribution in [-0.2, 0) is 0 Å². The number of aromatic nitrogens is 4. The Labute approximate surface area is 320 Å². The number of nitrogens with zero attached hydrogens (tertiary/aromatic N) is 6. The zero-order chi connectivity index (χ0) is 36.7. The highest BCUT2D eigenvalue weighted by molar-refractivity contribution is 6.97. The lowest BCUT2D eigenvalue weighted by Gasteiger charge is -2.22. The van der Waals surface area contributed by atoms with Crippen molar-refractivity contribution in [3.8, 4) is 34.0 Å². The smallest absolute Gasteiger partial charge is 0.247 e. The lowest BCUT2D eigenvalue weighted by Crippen LogP contribution is -2.53. The van der Waals surface area contributed by atoms with Gasteiger partial charge in [-0.3, -0.25) is 4.57 Å². The Balaban J connectivity index is 1.31. The van der Waals surface area contributed by atoms with Crippen LogP contribution in [0.15, 0.2) is 195 Å². The summed E-state index contributed by atoms with van der Waals surface area (Å²) in [6.07, 6.45) is 6.15. The molecule has 9 aromatic rings. The lowest BCUT2D eigenvalue weighted by atomic mass is 9.36. The van der Waals surface area contributed by atoms with Crippen molar-refractivity contribution in [2.24, 2.45) is 0 Å². The molecule has 0 saturated carbocycles. The molecule has 0 atom stereocenters. The van der Waals surface area contributed by atoms with Crippen molar-refractivity contribution in [3.63, 3.8) is 0 Å². The van der Waals surface area contributed by atoms with Crippen molar-refractivity contribution in [2.75, 3.05) is 18.6 Å². The second kappa shape index (κ2) is 13.7. The minimum Gasteiger partial charge on any atom is -0.361 e. The van der Waals surface area contributed by atoms with Crippen molar-refractivity contribution in [2.45, 2.75) is 0 Å². The molecular formula is C48H37BN6. The zero-order valence-corrected chi connectivity index (χ0v) is 30.4. The zero-order valence-electron chi connectivity index (χ0n) is 30.4. The van der Waals surface area contributed by atoms with Gasteiger partial charge in [-0.1, -0.05) is 138 Å². The number of para-hydroxylation sites is 2. The fraction of sp³-hybridized carbons (Fsp3) is 0.0417. The third-order valence-electron chi connectivity index (χ3n) is 10.6. The molecule has 0 N–H and O–H groups in total. The third-order valence-corrected chi connectivity index (χ3v) is 10.6. The highest BCUT2D eigenvalue weighted by atomic mass is 15.3. The van der Waals surface area contributed by atoms with E-state index in [-0.39, 0.29) is 6.71 Å². The fourth-order valence-corrected chi connectivity index (χ4v) is 8.15. The van der Waals surface area contributed by atoms with E-state index in [2.05, 4.69) is 208 Å². The van der Waals surface area contributed by atoms with Crippen molar-refractivity contribution in [1.82, 2.24) is 24.2 Å². The lowest BCUT2D eigenvalue weighted by molar-refractivity contribution is 0.496. The largest absolute Gasteiger partial charge is 0.361 e. The molecule has 0 aliphatic carbocycles. The molecule has 6 nitrogen and oxygen atoms in total. The van der Waals surface area contributed by atoms with Gasteiger partial charge in [-0.15, -0.1) is 0 Å². The monoisotopic (exact) mass is 708 g/mol. The van der Waals surface area contributed by atoms with Gasteiger partial charge in [0, 0.05) is 47.7 Å². The molecule has 10 rings (SSSR count). The Morgan fingerprint density at radius 2 is 1.22 bits per heavy atom. The van der Waals surface area contributed by atoms with Crippen LogP contribution in [-0.4, -0.2) is 44.7 Å². The molecular weight excluding hydrogens is 671 g/mol. The fourth-order valence-electron chi connectivity index (χ4n) is 8.15. The third kappa shape index (κ3) is 5.78. The molecule has 0 radical (unpaired) electrons. The molecule has 6 aromatic carbocycles. The number of benzene rings is 6. The van der Waals surface area contributed by atoms with Crippen LogP contribution < -0.4 is 21.3 Å². The van der Waals surface area contributed by atoms with Gasteiger partial charge >= 0.3 is 0 Å². The summed E-state index contributed by atoms with van der Waals surface area (Å²) in [5.74, 6) is 0.890. The summed E-state index contributed by atoms with van der Waals surface area (Å²) < 4.78 is 4.45. The molecule has 0 unspecified atom stereocenters. The van der Waals surface area contributed by atoms with Gasteiger partial charge in [0.05, 0.1) is 34.8 Å². The van der Waals surface area contributed by atoms with Crippen LogP contribution in [0.3, 0.4) is 0 Å². The maximum atomic E-state index is 5.54. The molecule has 0 bridgehead atoms. The maximum Gasteiger partial charge on any atom is 0.247 e. The van der Waals surface area contributed by atoms with E-state index < -0.39 is 0 Å². The minimum atomic E-state index is -0.202. The topological polar surface area (TPSA) is 42.1 Å². The van der Waals surface area contributed by atoms with Crippen LogP contribution in [0.4, 0.5) is 5.69 Å². The summed E-state index contributed by atoms with van der Waals surface area (Å²) in [5, 5.41) is 7.93. The van der Waals surface area contributed by atoms with Crippen LogP contribution in [0.1, 0.15) is 0 Å². The summed E-state index contributed by atoms with van der Waals surface area (Å²) in [6.45, 7) is 0.590. The highest BCUT2D eigenvalue weighted by Crippen LogP contribution is 2.32. The van der Waals surface area contributed by atoms with Gasteiger partial charge in [0.1, 0.15) is 5.82 Å². The molecule has 55 heavy (non-hydrogen) atoms. The summed E-state index contributed by atoms with van der Waals surface area (Å²) in [5.41, 5.74) is 12.1. The number of rotatable bonds is 8. The van der Waals surface area contributed by atoms with Gasteiger partial charge in [-0.25, -0.2) is 9.67 Å². The van der Waals surface area contributed by atoms with Crippen LogP contribution in [0.5, 0.6) is 0 Å². The Kier molecular flexibility index (Phi) is 8.10. The summed E-state index contributed by atoms with van der Waals surface area (Å²) in [4.78, 5) is 9.34. The highest BCUT2D eigenvalue weighted by Gasteiger charge is 2.34. The first-order valence-corrected chi connectivity index (χ1v) is 18.7. The molecule has 1 aliphatic heterocycles. The first kappa shape index (κ1) is 32.5. The molecule has 4 heterocycles. The number of anilines is 1.